The molecule has 2 aromatic rings. The first-order chi connectivity index (χ1) is 13.7. The molecule has 0 bridgehead atoms. The number of nitrogens with zero attached hydrogens (tertiary/aromatic N) is 4. The van der Waals surface area contributed by atoms with Crippen molar-refractivity contribution >= 4 is 11.9 Å². The number of piperazine rings is 1. The molecule has 0 spiro atoms. The van der Waals surface area contributed by atoms with Crippen LogP contribution in [0.4, 0.5) is 5.95 Å². The van der Waals surface area contributed by atoms with Gasteiger partial charge in [0.1, 0.15) is 5.75 Å². The Morgan fingerprint density at radius 1 is 1.18 bits per heavy atom. The third kappa shape index (κ3) is 4.11. The van der Waals surface area contributed by atoms with Crippen LogP contribution in [0.15, 0.2) is 36.7 Å². The Balaban J connectivity index is 1.39. The summed E-state index contributed by atoms with van der Waals surface area (Å²) in [7, 11) is 1.70. The average molecular weight is 380 g/mol. The number of aryl methyl sites for hydroxylation is 1. The van der Waals surface area contributed by atoms with Gasteiger partial charge in [0.25, 0.3) is 0 Å². The lowest BCUT2D eigenvalue weighted by atomic mass is 9.89. The molecule has 6 heteroatoms. The van der Waals surface area contributed by atoms with E-state index >= 15 is 0 Å². The van der Waals surface area contributed by atoms with Gasteiger partial charge in [-0.2, -0.15) is 0 Å². The molecule has 148 valence electrons. The number of methoxy groups -OCH3 is 1. The predicted octanol–water partition coefficient (Wildman–Crippen LogP) is 3.03. The van der Waals surface area contributed by atoms with E-state index < -0.39 is 0 Å². The first kappa shape index (κ1) is 18.7. The lowest BCUT2D eigenvalue weighted by Crippen LogP contribution is -2.49. The van der Waals surface area contributed by atoms with E-state index in [1.807, 2.05) is 17.0 Å². The van der Waals surface area contributed by atoms with Crippen LogP contribution in [0.5, 0.6) is 5.75 Å². The van der Waals surface area contributed by atoms with Crippen LogP contribution in [0.2, 0.25) is 0 Å². The minimum absolute atomic E-state index is 0.263. The number of anilines is 1. The van der Waals surface area contributed by atoms with Crippen molar-refractivity contribution in [3.8, 4) is 5.75 Å². The molecule has 2 heterocycles. The number of benzene rings is 1. The fraction of sp³-hybridized carbons (Fsp3) is 0.500. The van der Waals surface area contributed by atoms with Gasteiger partial charge in [-0.05, 0) is 54.9 Å². The monoisotopic (exact) mass is 380 g/mol. The highest BCUT2D eigenvalue weighted by atomic mass is 16.5. The van der Waals surface area contributed by atoms with Crippen LogP contribution in [-0.2, 0) is 4.79 Å². The summed E-state index contributed by atoms with van der Waals surface area (Å²) in [4.78, 5) is 25.8. The second-order valence-corrected chi connectivity index (χ2v) is 7.79. The molecule has 4 rings (SSSR count). The SMILES string of the molecule is COc1ccc(C(CC(=O)N2CCN(c3ncccn3)CC2)C2CC2)cc1C. The maximum absolute atomic E-state index is 13.0. The lowest BCUT2D eigenvalue weighted by Gasteiger charge is -2.35. The van der Waals surface area contributed by atoms with Gasteiger partial charge in [0.05, 0.1) is 7.11 Å². The molecular weight excluding hydrogens is 352 g/mol. The fourth-order valence-electron chi connectivity index (χ4n) is 4.12. The Morgan fingerprint density at radius 3 is 2.50 bits per heavy atom. The van der Waals surface area contributed by atoms with Crippen LogP contribution in [-0.4, -0.2) is 54.1 Å². The highest BCUT2D eigenvalue weighted by Crippen LogP contribution is 2.45. The van der Waals surface area contributed by atoms with E-state index in [0.717, 1.165) is 43.4 Å². The molecule has 1 saturated carbocycles. The molecule has 2 aliphatic rings. The summed E-state index contributed by atoms with van der Waals surface area (Å²) in [5.41, 5.74) is 2.40. The molecule has 1 unspecified atom stereocenters. The maximum atomic E-state index is 13.0. The number of carbonyl (C=O) groups is 1. The molecule has 0 radical (unpaired) electrons. The van der Waals surface area contributed by atoms with Crippen molar-refractivity contribution in [2.45, 2.75) is 32.1 Å². The maximum Gasteiger partial charge on any atom is 0.225 e. The quantitative estimate of drug-likeness (QED) is 0.771. The Labute approximate surface area is 166 Å². The fourth-order valence-corrected chi connectivity index (χ4v) is 4.12. The first-order valence-electron chi connectivity index (χ1n) is 10.1. The smallest absolute Gasteiger partial charge is 0.225 e. The van der Waals surface area contributed by atoms with E-state index in [9.17, 15) is 4.79 Å². The molecule has 1 saturated heterocycles. The van der Waals surface area contributed by atoms with Gasteiger partial charge in [0, 0.05) is 45.0 Å². The molecule has 1 aromatic heterocycles. The highest BCUT2D eigenvalue weighted by molar-refractivity contribution is 5.77. The predicted molar refractivity (Wildman–Crippen MR) is 109 cm³/mol. The van der Waals surface area contributed by atoms with Crippen molar-refractivity contribution in [3.05, 3.63) is 47.8 Å². The molecule has 1 atom stereocenters. The second kappa shape index (κ2) is 8.17. The van der Waals surface area contributed by atoms with Gasteiger partial charge in [-0.15, -0.1) is 0 Å². The minimum atomic E-state index is 0.263. The molecule has 6 nitrogen and oxygen atoms in total. The van der Waals surface area contributed by atoms with Crippen molar-refractivity contribution in [1.82, 2.24) is 14.9 Å². The Bertz CT molecular complexity index is 815. The van der Waals surface area contributed by atoms with E-state index in [4.69, 9.17) is 4.74 Å². The van der Waals surface area contributed by atoms with E-state index in [0.29, 0.717) is 18.3 Å². The Hall–Kier alpha value is -2.63. The summed E-state index contributed by atoms with van der Waals surface area (Å²) in [6, 6.07) is 8.18. The van der Waals surface area contributed by atoms with Crippen LogP contribution >= 0.6 is 0 Å². The van der Waals surface area contributed by atoms with Crippen molar-refractivity contribution in [2.75, 3.05) is 38.2 Å². The van der Waals surface area contributed by atoms with Crippen molar-refractivity contribution in [2.24, 2.45) is 5.92 Å². The molecule has 2 fully saturated rings. The van der Waals surface area contributed by atoms with Crippen LogP contribution in [0.1, 0.15) is 36.3 Å². The van der Waals surface area contributed by atoms with Gasteiger partial charge >= 0.3 is 0 Å². The number of hydrogen-bond acceptors (Lipinski definition) is 5. The summed E-state index contributed by atoms with van der Waals surface area (Å²) < 4.78 is 5.39. The summed E-state index contributed by atoms with van der Waals surface area (Å²) in [6.45, 7) is 5.10. The van der Waals surface area contributed by atoms with Crippen molar-refractivity contribution in [1.29, 1.82) is 0 Å². The van der Waals surface area contributed by atoms with Crippen LogP contribution in [0.3, 0.4) is 0 Å². The molecular formula is C22H28N4O2. The van der Waals surface area contributed by atoms with Crippen molar-refractivity contribution < 1.29 is 9.53 Å². The molecule has 1 amide bonds. The summed E-state index contributed by atoms with van der Waals surface area (Å²) in [5, 5.41) is 0. The van der Waals surface area contributed by atoms with Crippen LogP contribution < -0.4 is 9.64 Å². The topological polar surface area (TPSA) is 58.6 Å². The van der Waals surface area contributed by atoms with E-state index in [2.05, 4.69) is 33.9 Å². The van der Waals surface area contributed by atoms with Crippen LogP contribution in [0, 0.1) is 12.8 Å². The third-order valence-electron chi connectivity index (χ3n) is 5.90. The van der Waals surface area contributed by atoms with Gasteiger partial charge < -0.3 is 14.5 Å². The van der Waals surface area contributed by atoms with Crippen molar-refractivity contribution in [3.63, 3.8) is 0 Å². The molecule has 1 aliphatic carbocycles. The standard InChI is InChI=1S/C22H28N4O2/c1-16-14-18(6-7-20(16)28-2)19(17-4-5-17)15-21(27)25-10-12-26(13-11-25)22-23-8-3-9-24-22/h3,6-9,14,17,19H,4-5,10-13,15H2,1-2H3. The zero-order valence-corrected chi connectivity index (χ0v) is 16.7. The van der Waals surface area contributed by atoms with E-state index in [1.165, 1.54) is 18.4 Å². The van der Waals surface area contributed by atoms with Gasteiger partial charge in [0.2, 0.25) is 11.9 Å². The lowest BCUT2D eigenvalue weighted by molar-refractivity contribution is -0.132. The van der Waals surface area contributed by atoms with Crippen LogP contribution in [0.25, 0.3) is 0 Å². The van der Waals surface area contributed by atoms with Gasteiger partial charge in [0.15, 0.2) is 0 Å². The van der Waals surface area contributed by atoms with Gasteiger partial charge in [-0.3, -0.25) is 4.79 Å². The first-order valence-corrected chi connectivity index (χ1v) is 10.1. The zero-order chi connectivity index (χ0) is 19.5. The second-order valence-electron chi connectivity index (χ2n) is 7.79. The molecule has 0 N–H and O–H groups in total. The minimum Gasteiger partial charge on any atom is -0.496 e. The number of ether oxygens (including phenoxy) is 1. The number of carbonyl (C=O) groups excluding carboxylic acids is 1. The molecule has 1 aliphatic heterocycles. The van der Waals surface area contributed by atoms with E-state index in [1.54, 1.807) is 19.5 Å². The molecule has 1 aromatic carbocycles. The Morgan fingerprint density at radius 2 is 1.89 bits per heavy atom. The summed E-state index contributed by atoms with van der Waals surface area (Å²) in [6.07, 6.45) is 6.57. The van der Waals surface area contributed by atoms with Gasteiger partial charge in [-0.25, -0.2) is 9.97 Å². The highest BCUT2D eigenvalue weighted by Gasteiger charge is 2.35. The Kier molecular flexibility index (Phi) is 5.46. The zero-order valence-electron chi connectivity index (χ0n) is 16.7. The van der Waals surface area contributed by atoms with Gasteiger partial charge in [-0.1, -0.05) is 12.1 Å². The molecule has 28 heavy (non-hydrogen) atoms. The number of amides is 1. The summed E-state index contributed by atoms with van der Waals surface area (Å²) in [5.74, 6) is 2.87. The number of hydrogen-bond donors (Lipinski definition) is 0. The number of rotatable bonds is 6. The summed E-state index contributed by atoms with van der Waals surface area (Å²) >= 11 is 0. The largest absolute Gasteiger partial charge is 0.496 e. The average Bonchev–Trinajstić information content (AvgIpc) is 3.58. The van der Waals surface area contributed by atoms with E-state index in [-0.39, 0.29) is 5.91 Å². The number of aromatic nitrogens is 2. The normalized spacial score (nSPS) is 18.1. The third-order valence-corrected chi connectivity index (χ3v) is 5.90.